The maximum atomic E-state index is 11.6. The fourth-order valence-electron chi connectivity index (χ4n) is 1.99. The maximum absolute atomic E-state index is 11.6. The van der Waals surface area contributed by atoms with E-state index in [0.717, 1.165) is 18.5 Å². The third-order valence-electron chi connectivity index (χ3n) is 3.13. The summed E-state index contributed by atoms with van der Waals surface area (Å²) in [4.78, 5) is 23.4. The van der Waals surface area contributed by atoms with Gasteiger partial charge in [0.15, 0.2) is 0 Å². The Hall–Kier alpha value is -1.95. The lowest BCUT2D eigenvalue weighted by Crippen LogP contribution is -2.36. The van der Waals surface area contributed by atoms with E-state index in [1.807, 2.05) is 0 Å². The van der Waals surface area contributed by atoms with Crippen LogP contribution in [0, 0.1) is 10.1 Å². The maximum Gasteiger partial charge on any atom is 0.269 e. The van der Waals surface area contributed by atoms with Crippen LogP contribution < -0.4 is 5.32 Å². The van der Waals surface area contributed by atoms with Crippen molar-refractivity contribution in [3.05, 3.63) is 39.9 Å². The van der Waals surface area contributed by atoms with E-state index in [1.165, 1.54) is 12.1 Å². The molecule has 18 heavy (non-hydrogen) atoms. The summed E-state index contributed by atoms with van der Waals surface area (Å²) in [5.74, 6) is 0.108. The van der Waals surface area contributed by atoms with E-state index in [4.69, 9.17) is 0 Å². The standard InChI is InChI=1S/C12H15N3O3/c1-14-7-6-11(12(14)16)13-8-9-2-4-10(5-3-9)15(17)18/h2-5,11,13H,6-8H2,1H3. The number of nitro benzene ring substituents is 1. The van der Waals surface area contributed by atoms with E-state index < -0.39 is 4.92 Å². The van der Waals surface area contributed by atoms with Gasteiger partial charge < -0.3 is 10.2 Å². The minimum Gasteiger partial charge on any atom is -0.344 e. The molecule has 2 rings (SSSR count). The first-order valence-corrected chi connectivity index (χ1v) is 5.79. The van der Waals surface area contributed by atoms with Crippen LogP contribution in [0.4, 0.5) is 5.69 Å². The van der Waals surface area contributed by atoms with E-state index in [0.29, 0.717) is 6.54 Å². The van der Waals surface area contributed by atoms with E-state index in [1.54, 1.807) is 24.1 Å². The molecule has 1 amide bonds. The van der Waals surface area contributed by atoms with Crippen LogP contribution in [0.3, 0.4) is 0 Å². The Morgan fingerprint density at radius 3 is 2.61 bits per heavy atom. The molecule has 0 aliphatic carbocycles. The van der Waals surface area contributed by atoms with Crippen molar-refractivity contribution in [1.82, 2.24) is 10.2 Å². The zero-order valence-corrected chi connectivity index (χ0v) is 10.1. The number of rotatable bonds is 4. The lowest BCUT2D eigenvalue weighted by atomic mass is 10.2. The number of carbonyl (C=O) groups is 1. The zero-order chi connectivity index (χ0) is 13.1. The first kappa shape index (κ1) is 12.5. The number of likely N-dealkylation sites (N-methyl/N-ethyl adjacent to an activating group) is 1. The molecule has 1 aromatic carbocycles. The molecule has 1 aromatic rings. The second-order valence-electron chi connectivity index (χ2n) is 4.41. The van der Waals surface area contributed by atoms with Crippen molar-refractivity contribution < 1.29 is 9.72 Å². The average molecular weight is 249 g/mol. The normalized spacial score (nSPS) is 19.3. The van der Waals surface area contributed by atoms with Gasteiger partial charge in [-0.1, -0.05) is 12.1 Å². The molecule has 6 heteroatoms. The number of nitro groups is 1. The second kappa shape index (κ2) is 5.14. The van der Waals surface area contributed by atoms with Crippen LogP contribution in [0.5, 0.6) is 0 Å². The van der Waals surface area contributed by atoms with Gasteiger partial charge in [0.1, 0.15) is 0 Å². The van der Waals surface area contributed by atoms with Crippen molar-refractivity contribution in [1.29, 1.82) is 0 Å². The summed E-state index contributed by atoms with van der Waals surface area (Å²) in [6.45, 7) is 1.32. The lowest BCUT2D eigenvalue weighted by Gasteiger charge is -2.12. The zero-order valence-electron chi connectivity index (χ0n) is 10.1. The van der Waals surface area contributed by atoms with Gasteiger partial charge in [0, 0.05) is 32.3 Å². The van der Waals surface area contributed by atoms with Crippen molar-refractivity contribution in [2.45, 2.75) is 19.0 Å². The summed E-state index contributed by atoms with van der Waals surface area (Å²) in [5, 5.41) is 13.7. The highest BCUT2D eigenvalue weighted by molar-refractivity contribution is 5.83. The molecule has 1 N–H and O–H groups in total. The number of non-ortho nitro benzene ring substituents is 1. The largest absolute Gasteiger partial charge is 0.344 e. The Bertz CT molecular complexity index is 458. The third kappa shape index (κ3) is 2.65. The first-order valence-electron chi connectivity index (χ1n) is 5.79. The van der Waals surface area contributed by atoms with Gasteiger partial charge in [0.25, 0.3) is 5.69 Å². The van der Waals surface area contributed by atoms with Crippen LogP contribution in [0.15, 0.2) is 24.3 Å². The molecule has 1 aliphatic rings. The molecule has 0 radical (unpaired) electrons. The third-order valence-corrected chi connectivity index (χ3v) is 3.13. The summed E-state index contributed by atoms with van der Waals surface area (Å²) in [7, 11) is 1.79. The summed E-state index contributed by atoms with van der Waals surface area (Å²) in [6, 6.07) is 6.21. The first-order chi connectivity index (χ1) is 8.58. The number of benzene rings is 1. The molecule has 1 saturated heterocycles. The molecule has 96 valence electrons. The molecule has 1 fully saturated rings. The van der Waals surface area contributed by atoms with Crippen LogP contribution in [-0.4, -0.2) is 35.4 Å². The molecule has 0 spiro atoms. The summed E-state index contributed by atoms with van der Waals surface area (Å²) in [6.07, 6.45) is 0.808. The number of amides is 1. The summed E-state index contributed by atoms with van der Waals surface area (Å²) in [5.41, 5.74) is 1.01. The molecule has 1 heterocycles. The van der Waals surface area contributed by atoms with Crippen molar-refractivity contribution in [2.75, 3.05) is 13.6 Å². The Morgan fingerprint density at radius 2 is 2.11 bits per heavy atom. The number of nitrogens with zero attached hydrogens (tertiary/aromatic N) is 2. The summed E-state index contributed by atoms with van der Waals surface area (Å²) >= 11 is 0. The summed E-state index contributed by atoms with van der Waals surface area (Å²) < 4.78 is 0. The van der Waals surface area contributed by atoms with Crippen LogP contribution in [0.1, 0.15) is 12.0 Å². The highest BCUT2D eigenvalue weighted by Gasteiger charge is 2.28. The van der Waals surface area contributed by atoms with Gasteiger partial charge in [-0.2, -0.15) is 0 Å². The Morgan fingerprint density at radius 1 is 1.44 bits per heavy atom. The van der Waals surface area contributed by atoms with Crippen molar-refractivity contribution >= 4 is 11.6 Å². The van der Waals surface area contributed by atoms with Crippen LogP contribution in [0.25, 0.3) is 0 Å². The highest BCUT2D eigenvalue weighted by atomic mass is 16.6. The van der Waals surface area contributed by atoms with Crippen molar-refractivity contribution in [3.8, 4) is 0 Å². The lowest BCUT2D eigenvalue weighted by molar-refractivity contribution is -0.384. The van der Waals surface area contributed by atoms with Gasteiger partial charge >= 0.3 is 0 Å². The number of hydrogen-bond acceptors (Lipinski definition) is 4. The molecular formula is C12H15N3O3. The van der Waals surface area contributed by atoms with E-state index in [9.17, 15) is 14.9 Å². The van der Waals surface area contributed by atoms with Gasteiger partial charge in [-0.3, -0.25) is 14.9 Å². The van der Waals surface area contributed by atoms with Gasteiger partial charge in [0.2, 0.25) is 5.91 Å². The number of hydrogen-bond donors (Lipinski definition) is 1. The van der Waals surface area contributed by atoms with Crippen LogP contribution in [-0.2, 0) is 11.3 Å². The van der Waals surface area contributed by atoms with E-state index in [2.05, 4.69) is 5.32 Å². The van der Waals surface area contributed by atoms with Crippen LogP contribution in [0.2, 0.25) is 0 Å². The molecule has 0 aromatic heterocycles. The Labute approximate surface area is 105 Å². The molecule has 1 aliphatic heterocycles. The molecule has 6 nitrogen and oxygen atoms in total. The topological polar surface area (TPSA) is 75.5 Å². The van der Waals surface area contributed by atoms with Crippen molar-refractivity contribution in [2.24, 2.45) is 0 Å². The van der Waals surface area contributed by atoms with Gasteiger partial charge in [-0.05, 0) is 12.0 Å². The minimum absolute atomic E-state index is 0.0791. The van der Waals surface area contributed by atoms with Gasteiger partial charge in [-0.15, -0.1) is 0 Å². The monoisotopic (exact) mass is 249 g/mol. The number of likely N-dealkylation sites (tertiary alicyclic amines) is 1. The number of nitrogens with one attached hydrogen (secondary N) is 1. The highest BCUT2D eigenvalue weighted by Crippen LogP contribution is 2.13. The van der Waals surface area contributed by atoms with E-state index in [-0.39, 0.29) is 17.6 Å². The van der Waals surface area contributed by atoms with Gasteiger partial charge in [-0.25, -0.2) is 0 Å². The molecular weight excluding hydrogens is 234 g/mol. The average Bonchev–Trinajstić information content (AvgIpc) is 2.68. The van der Waals surface area contributed by atoms with E-state index >= 15 is 0 Å². The van der Waals surface area contributed by atoms with Crippen molar-refractivity contribution in [3.63, 3.8) is 0 Å². The Kier molecular flexibility index (Phi) is 3.57. The second-order valence-corrected chi connectivity index (χ2v) is 4.41. The van der Waals surface area contributed by atoms with Gasteiger partial charge in [0.05, 0.1) is 11.0 Å². The predicted octanol–water partition coefficient (Wildman–Crippen LogP) is 0.915. The predicted molar refractivity (Wildman–Crippen MR) is 66.0 cm³/mol. The fourth-order valence-corrected chi connectivity index (χ4v) is 1.99. The molecule has 1 atom stereocenters. The molecule has 1 unspecified atom stereocenters. The fraction of sp³-hybridized carbons (Fsp3) is 0.417. The molecule has 0 bridgehead atoms. The smallest absolute Gasteiger partial charge is 0.269 e. The molecule has 0 saturated carbocycles. The van der Waals surface area contributed by atoms with Crippen LogP contribution >= 0.6 is 0 Å². The SMILES string of the molecule is CN1CCC(NCc2ccc([N+](=O)[O-])cc2)C1=O. The number of carbonyl (C=O) groups excluding carboxylic acids is 1. The Balaban J connectivity index is 1.91. The minimum atomic E-state index is -0.424. The quantitative estimate of drug-likeness (QED) is 0.636.